The normalized spacial score (nSPS) is 21.8. The van der Waals surface area contributed by atoms with Crippen LogP contribution >= 0.6 is 0 Å². The number of carbonyl (C=O) groups excluding carboxylic acids is 1. The number of rotatable bonds is 3. The van der Waals surface area contributed by atoms with Gasteiger partial charge in [0.1, 0.15) is 0 Å². The van der Waals surface area contributed by atoms with Gasteiger partial charge in [0.15, 0.2) is 0 Å². The molecule has 1 amide bonds. The van der Waals surface area contributed by atoms with Crippen LogP contribution in [-0.4, -0.2) is 46.0 Å². The zero-order valence-electron chi connectivity index (χ0n) is 11.2. The van der Waals surface area contributed by atoms with E-state index in [1.54, 1.807) is 24.3 Å². The molecule has 1 aliphatic heterocycles. The van der Waals surface area contributed by atoms with E-state index in [9.17, 15) is 14.4 Å². The van der Waals surface area contributed by atoms with Crippen LogP contribution in [0.2, 0.25) is 0 Å². The van der Waals surface area contributed by atoms with Gasteiger partial charge in [0.2, 0.25) is 0 Å². The van der Waals surface area contributed by atoms with Crippen molar-refractivity contribution in [2.45, 2.75) is 6.42 Å². The number of nitrogen functional groups attached to an aromatic ring is 1. The molecule has 1 aromatic rings. The van der Waals surface area contributed by atoms with Gasteiger partial charge in [0.05, 0.1) is 11.8 Å². The SMILES string of the molecule is Nc1ccc(C(=O)N2CCC(C(=O)O)C(C(=O)O)C2)cc1. The molecule has 7 nitrogen and oxygen atoms in total. The van der Waals surface area contributed by atoms with Crippen LogP contribution in [0, 0.1) is 11.8 Å². The molecule has 2 atom stereocenters. The lowest BCUT2D eigenvalue weighted by Gasteiger charge is -2.34. The number of carboxylic acid groups (broad SMARTS) is 2. The first kappa shape index (κ1) is 14.8. The second-order valence-corrected chi connectivity index (χ2v) is 5.05. The van der Waals surface area contributed by atoms with E-state index in [0.29, 0.717) is 11.3 Å². The lowest BCUT2D eigenvalue weighted by Crippen LogP contribution is -2.48. The van der Waals surface area contributed by atoms with Crippen LogP contribution in [0.3, 0.4) is 0 Å². The highest BCUT2D eigenvalue weighted by molar-refractivity contribution is 5.95. The van der Waals surface area contributed by atoms with E-state index in [-0.39, 0.29) is 25.4 Å². The molecule has 0 radical (unpaired) electrons. The van der Waals surface area contributed by atoms with Gasteiger partial charge < -0.3 is 20.8 Å². The lowest BCUT2D eigenvalue weighted by atomic mass is 9.85. The Kier molecular flexibility index (Phi) is 4.11. The second kappa shape index (κ2) is 5.82. The quantitative estimate of drug-likeness (QED) is 0.698. The number of nitrogens with two attached hydrogens (primary N) is 1. The Morgan fingerprint density at radius 3 is 2.14 bits per heavy atom. The van der Waals surface area contributed by atoms with Gasteiger partial charge in [-0.1, -0.05) is 0 Å². The Labute approximate surface area is 121 Å². The molecular weight excluding hydrogens is 276 g/mol. The summed E-state index contributed by atoms with van der Waals surface area (Å²) in [6, 6.07) is 6.31. The summed E-state index contributed by atoms with van der Waals surface area (Å²) in [5.74, 6) is -4.70. The Hall–Kier alpha value is -2.57. The monoisotopic (exact) mass is 292 g/mol. The summed E-state index contributed by atoms with van der Waals surface area (Å²) in [4.78, 5) is 36.0. The van der Waals surface area contributed by atoms with E-state index in [1.807, 2.05) is 0 Å². The number of hydrogen-bond donors (Lipinski definition) is 3. The molecular formula is C14H16N2O5. The molecule has 0 bridgehead atoms. The van der Waals surface area contributed by atoms with E-state index in [1.165, 1.54) is 4.90 Å². The van der Waals surface area contributed by atoms with Crippen LogP contribution in [0.25, 0.3) is 0 Å². The number of nitrogens with zero attached hydrogens (tertiary/aromatic N) is 1. The van der Waals surface area contributed by atoms with Crippen molar-refractivity contribution in [2.75, 3.05) is 18.8 Å². The van der Waals surface area contributed by atoms with Crippen LogP contribution < -0.4 is 5.73 Å². The number of hydrogen-bond acceptors (Lipinski definition) is 4. The van der Waals surface area contributed by atoms with Gasteiger partial charge in [-0.15, -0.1) is 0 Å². The van der Waals surface area contributed by atoms with Crippen LogP contribution in [0.15, 0.2) is 24.3 Å². The maximum Gasteiger partial charge on any atom is 0.309 e. The average Bonchev–Trinajstić information content (AvgIpc) is 2.46. The Morgan fingerprint density at radius 2 is 1.62 bits per heavy atom. The van der Waals surface area contributed by atoms with Crippen molar-refractivity contribution in [3.05, 3.63) is 29.8 Å². The third-order valence-electron chi connectivity index (χ3n) is 3.69. The molecule has 0 spiro atoms. The largest absolute Gasteiger partial charge is 0.481 e. The van der Waals surface area contributed by atoms with Gasteiger partial charge in [-0.2, -0.15) is 0 Å². The molecule has 1 fully saturated rings. The molecule has 1 aliphatic rings. The summed E-state index contributed by atoms with van der Waals surface area (Å²) in [6.07, 6.45) is 0.132. The predicted octanol–water partition coefficient (Wildman–Crippen LogP) is 0.516. The van der Waals surface area contributed by atoms with Crippen LogP contribution in [0.1, 0.15) is 16.8 Å². The van der Waals surface area contributed by atoms with E-state index < -0.39 is 23.8 Å². The molecule has 0 saturated carbocycles. The molecule has 1 heterocycles. The van der Waals surface area contributed by atoms with Gasteiger partial charge in [-0.05, 0) is 30.7 Å². The smallest absolute Gasteiger partial charge is 0.309 e. The van der Waals surface area contributed by atoms with Crippen molar-refractivity contribution >= 4 is 23.5 Å². The van der Waals surface area contributed by atoms with E-state index in [2.05, 4.69) is 0 Å². The van der Waals surface area contributed by atoms with Crippen molar-refractivity contribution in [3.63, 3.8) is 0 Å². The van der Waals surface area contributed by atoms with Crippen molar-refractivity contribution in [1.29, 1.82) is 0 Å². The Bertz CT molecular complexity index is 569. The summed E-state index contributed by atoms with van der Waals surface area (Å²) in [6.45, 7) is 0.124. The molecule has 0 aromatic heterocycles. The number of carbonyl (C=O) groups is 3. The number of carboxylic acids is 2. The summed E-state index contributed by atoms with van der Waals surface area (Å²) in [7, 11) is 0. The number of aliphatic carboxylic acids is 2. The van der Waals surface area contributed by atoms with Crippen LogP contribution in [-0.2, 0) is 9.59 Å². The molecule has 2 rings (SSSR count). The fraction of sp³-hybridized carbons (Fsp3) is 0.357. The standard InChI is InChI=1S/C14H16N2O5/c15-9-3-1-8(2-4-9)12(17)16-6-5-10(13(18)19)11(7-16)14(20)21/h1-4,10-11H,5-7,15H2,(H,18,19)(H,20,21). The van der Waals surface area contributed by atoms with Crippen molar-refractivity contribution in [2.24, 2.45) is 11.8 Å². The highest BCUT2D eigenvalue weighted by atomic mass is 16.4. The van der Waals surface area contributed by atoms with Gasteiger partial charge in [-0.25, -0.2) is 0 Å². The van der Waals surface area contributed by atoms with Gasteiger partial charge in [0.25, 0.3) is 5.91 Å². The van der Waals surface area contributed by atoms with Gasteiger partial charge in [-0.3, -0.25) is 14.4 Å². The number of benzene rings is 1. The molecule has 4 N–H and O–H groups in total. The van der Waals surface area contributed by atoms with Gasteiger partial charge in [0, 0.05) is 24.3 Å². The third kappa shape index (κ3) is 3.13. The van der Waals surface area contributed by atoms with E-state index >= 15 is 0 Å². The minimum atomic E-state index is -1.20. The molecule has 2 unspecified atom stereocenters. The van der Waals surface area contributed by atoms with Gasteiger partial charge >= 0.3 is 11.9 Å². The molecule has 7 heteroatoms. The fourth-order valence-corrected chi connectivity index (χ4v) is 2.49. The summed E-state index contributed by atoms with van der Waals surface area (Å²) in [5, 5.41) is 18.2. The highest BCUT2D eigenvalue weighted by Gasteiger charge is 2.40. The first-order valence-corrected chi connectivity index (χ1v) is 6.50. The first-order chi connectivity index (χ1) is 9.90. The number of amides is 1. The molecule has 1 aromatic carbocycles. The maximum atomic E-state index is 12.3. The van der Waals surface area contributed by atoms with Crippen LogP contribution in [0.5, 0.6) is 0 Å². The molecule has 112 valence electrons. The van der Waals surface area contributed by atoms with Crippen molar-refractivity contribution in [1.82, 2.24) is 4.90 Å². The summed E-state index contributed by atoms with van der Waals surface area (Å²) in [5.41, 5.74) is 6.48. The zero-order valence-corrected chi connectivity index (χ0v) is 11.2. The minimum Gasteiger partial charge on any atom is -0.481 e. The predicted molar refractivity (Wildman–Crippen MR) is 73.6 cm³/mol. The average molecular weight is 292 g/mol. The summed E-state index contributed by atoms with van der Waals surface area (Å²) >= 11 is 0. The Morgan fingerprint density at radius 1 is 1.05 bits per heavy atom. The third-order valence-corrected chi connectivity index (χ3v) is 3.69. The molecule has 21 heavy (non-hydrogen) atoms. The molecule has 0 aliphatic carbocycles. The number of anilines is 1. The Balaban J connectivity index is 2.15. The van der Waals surface area contributed by atoms with E-state index in [4.69, 9.17) is 15.9 Å². The van der Waals surface area contributed by atoms with Crippen molar-refractivity contribution in [3.8, 4) is 0 Å². The second-order valence-electron chi connectivity index (χ2n) is 5.05. The first-order valence-electron chi connectivity index (χ1n) is 6.50. The fourth-order valence-electron chi connectivity index (χ4n) is 2.49. The maximum absolute atomic E-state index is 12.3. The summed E-state index contributed by atoms with van der Waals surface area (Å²) < 4.78 is 0. The zero-order chi connectivity index (χ0) is 15.6. The minimum absolute atomic E-state index is 0.102. The molecule has 1 saturated heterocycles. The number of likely N-dealkylation sites (tertiary alicyclic amines) is 1. The lowest BCUT2D eigenvalue weighted by molar-refractivity contribution is -0.156. The highest BCUT2D eigenvalue weighted by Crippen LogP contribution is 2.25. The van der Waals surface area contributed by atoms with Crippen LogP contribution in [0.4, 0.5) is 5.69 Å². The topological polar surface area (TPSA) is 121 Å². The van der Waals surface area contributed by atoms with Crippen molar-refractivity contribution < 1.29 is 24.6 Å². The van der Waals surface area contributed by atoms with E-state index in [0.717, 1.165) is 0 Å². The number of piperidine rings is 1.